The SMILES string of the molecule is c1ccc(-c2ccc3c(c2)oc2c4ccccc4cc(-c4nc(-c5ccccc5)nc(-c5ccc6ccccc6c5)n4)c32)cc1. The lowest BCUT2D eigenvalue weighted by atomic mass is 9.98. The lowest BCUT2D eigenvalue weighted by Crippen LogP contribution is -2.00. The maximum absolute atomic E-state index is 6.70. The van der Waals surface area contributed by atoms with Crippen LogP contribution in [0.1, 0.15) is 0 Å². The molecule has 0 aliphatic rings. The van der Waals surface area contributed by atoms with E-state index in [0.717, 1.165) is 65.9 Å². The Balaban J connectivity index is 1.33. The smallest absolute Gasteiger partial charge is 0.164 e. The van der Waals surface area contributed by atoms with E-state index in [-0.39, 0.29) is 0 Å². The van der Waals surface area contributed by atoms with Crippen LogP contribution in [0.3, 0.4) is 0 Å². The molecule has 45 heavy (non-hydrogen) atoms. The van der Waals surface area contributed by atoms with Crippen molar-refractivity contribution in [3.63, 3.8) is 0 Å². The first-order chi connectivity index (χ1) is 22.3. The van der Waals surface area contributed by atoms with E-state index in [1.807, 2.05) is 36.4 Å². The topological polar surface area (TPSA) is 51.8 Å². The Morgan fingerprint density at radius 3 is 1.80 bits per heavy atom. The van der Waals surface area contributed by atoms with Gasteiger partial charge in [0.05, 0.1) is 0 Å². The van der Waals surface area contributed by atoms with Crippen LogP contribution in [0.2, 0.25) is 0 Å². The van der Waals surface area contributed by atoms with Crippen LogP contribution < -0.4 is 0 Å². The number of nitrogens with zero attached hydrogens (tertiary/aromatic N) is 3. The van der Waals surface area contributed by atoms with E-state index in [1.165, 1.54) is 5.39 Å². The van der Waals surface area contributed by atoms with Gasteiger partial charge in [-0.25, -0.2) is 15.0 Å². The molecule has 0 fully saturated rings. The highest BCUT2D eigenvalue weighted by molar-refractivity contribution is 6.21. The summed E-state index contributed by atoms with van der Waals surface area (Å²) in [5.41, 5.74) is 6.71. The first kappa shape index (κ1) is 25.4. The van der Waals surface area contributed by atoms with Crippen molar-refractivity contribution in [2.75, 3.05) is 0 Å². The first-order valence-corrected chi connectivity index (χ1v) is 15.0. The Morgan fingerprint density at radius 2 is 1.00 bits per heavy atom. The van der Waals surface area contributed by atoms with Crippen molar-refractivity contribution < 1.29 is 4.42 Å². The van der Waals surface area contributed by atoms with E-state index in [2.05, 4.69) is 115 Å². The highest BCUT2D eigenvalue weighted by Crippen LogP contribution is 2.42. The third-order valence-corrected chi connectivity index (χ3v) is 8.49. The summed E-state index contributed by atoms with van der Waals surface area (Å²) in [6.07, 6.45) is 0. The third kappa shape index (κ3) is 4.35. The second-order valence-electron chi connectivity index (χ2n) is 11.3. The third-order valence-electron chi connectivity index (χ3n) is 8.49. The van der Waals surface area contributed by atoms with Crippen molar-refractivity contribution in [3.05, 3.63) is 152 Å². The summed E-state index contributed by atoms with van der Waals surface area (Å²) >= 11 is 0. The van der Waals surface area contributed by atoms with E-state index >= 15 is 0 Å². The Labute approximate surface area is 259 Å². The van der Waals surface area contributed by atoms with Crippen LogP contribution in [0.4, 0.5) is 0 Å². The van der Waals surface area contributed by atoms with Crippen LogP contribution in [0.15, 0.2) is 156 Å². The van der Waals surface area contributed by atoms with Crippen LogP contribution in [-0.4, -0.2) is 15.0 Å². The fraction of sp³-hybridized carbons (Fsp3) is 0. The molecule has 0 radical (unpaired) electrons. The Kier molecular flexibility index (Phi) is 5.78. The van der Waals surface area contributed by atoms with Gasteiger partial charge in [-0.05, 0) is 51.6 Å². The number of hydrogen-bond acceptors (Lipinski definition) is 4. The molecule has 9 aromatic rings. The molecule has 210 valence electrons. The number of rotatable bonds is 4. The Bertz CT molecular complexity index is 2540. The highest BCUT2D eigenvalue weighted by atomic mass is 16.3. The molecule has 4 nitrogen and oxygen atoms in total. The molecule has 0 saturated carbocycles. The molecule has 0 atom stereocenters. The lowest BCUT2D eigenvalue weighted by Gasteiger charge is -2.11. The molecule has 2 aromatic heterocycles. The summed E-state index contributed by atoms with van der Waals surface area (Å²) < 4.78 is 6.70. The molecular weight excluding hydrogens is 550 g/mol. The molecule has 0 N–H and O–H groups in total. The van der Waals surface area contributed by atoms with E-state index in [1.54, 1.807) is 0 Å². The van der Waals surface area contributed by atoms with Gasteiger partial charge in [-0.15, -0.1) is 0 Å². The molecule has 0 spiro atoms. The van der Waals surface area contributed by atoms with Gasteiger partial charge >= 0.3 is 0 Å². The van der Waals surface area contributed by atoms with Crippen LogP contribution in [0.5, 0.6) is 0 Å². The van der Waals surface area contributed by atoms with E-state index in [4.69, 9.17) is 19.4 Å². The standard InChI is InChI=1S/C41H25N3O/c1-3-11-26(12-4-1)30-21-22-34-36(25-30)45-38-33-18-10-9-17-31(33)24-35(37(34)38)41-43-39(28-14-5-2-6-15-28)42-40(44-41)32-20-19-27-13-7-8-16-29(27)23-32/h1-25H. The normalized spacial score (nSPS) is 11.6. The average Bonchev–Trinajstić information content (AvgIpc) is 3.51. The quantitative estimate of drug-likeness (QED) is 0.209. The number of aromatic nitrogens is 3. The largest absolute Gasteiger partial charge is 0.455 e. The molecular formula is C41H25N3O. The maximum Gasteiger partial charge on any atom is 0.164 e. The van der Waals surface area contributed by atoms with Crippen molar-refractivity contribution in [1.29, 1.82) is 0 Å². The summed E-state index contributed by atoms with van der Waals surface area (Å²) in [6, 6.07) is 52.2. The summed E-state index contributed by atoms with van der Waals surface area (Å²) in [6.45, 7) is 0. The van der Waals surface area contributed by atoms with Crippen LogP contribution in [0.25, 0.3) is 88.8 Å². The zero-order valence-electron chi connectivity index (χ0n) is 24.2. The van der Waals surface area contributed by atoms with Gasteiger partial charge in [0, 0.05) is 32.8 Å². The predicted molar refractivity (Wildman–Crippen MR) is 184 cm³/mol. The van der Waals surface area contributed by atoms with E-state index in [9.17, 15) is 0 Å². The minimum atomic E-state index is 0.609. The van der Waals surface area contributed by atoms with Gasteiger partial charge in [0.25, 0.3) is 0 Å². The molecule has 7 aromatic carbocycles. The minimum Gasteiger partial charge on any atom is -0.455 e. The molecule has 0 saturated heterocycles. The van der Waals surface area contributed by atoms with Crippen molar-refractivity contribution in [3.8, 4) is 45.3 Å². The van der Waals surface area contributed by atoms with Gasteiger partial charge in [-0.1, -0.05) is 127 Å². The first-order valence-electron chi connectivity index (χ1n) is 15.0. The number of furan rings is 1. The van der Waals surface area contributed by atoms with Crippen molar-refractivity contribution in [2.45, 2.75) is 0 Å². The van der Waals surface area contributed by atoms with Crippen LogP contribution in [-0.2, 0) is 0 Å². The molecule has 0 bridgehead atoms. The second-order valence-corrected chi connectivity index (χ2v) is 11.3. The summed E-state index contributed by atoms with van der Waals surface area (Å²) in [7, 11) is 0. The molecule has 0 unspecified atom stereocenters. The summed E-state index contributed by atoms with van der Waals surface area (Å²) in [5, 5.41) is 6.46. The Morgan fingerprint density at radius 1 is 0.378 bits per heavy atom. The van der Waals surface area contributed by atoms with Crippen LogP contribution >= 0.6 is 0 Å². The van der Waals surface area contributed by atoms with Gasteiger partial charge < -0.3 is 4.42 Å². The van der Waals surface area contributed by atoms with Crippen molar-refractivity contribution >= 4 is 43.5 Å². The highest BCUT2D eigenvalue weighted by Gasteiger charge is 2.20. The second kappa shape index (κ2) is 10.2. The van der Waals surface area contributed by atoms with Crippen molar-refractivity contribution in [2.24, 2.45) is 0 Å². The van der Waals surface area contributed by atoms with Gasteiger partial charge in [0.1, 0.15) is 11.2 Å². The van der Waals surface area contributed by atoms with E-state index < -0.39 is 0 Å². The average molecular weight is 576 g/mol. The zero-order valence-corrected chi connectivity index (χ0v) is 24.2. The van der Waals surface area contributed by atoms with Crippen LogP contribution in [0, 0.1) is 0 Å². The summed E-state index contributed by atoms with van der Waals surface area (Å²) in [5.74, 6) is 1.87. The fourth-order valence-corrected chi connectivity index (χ4v) is 6.27. The number of hydrogen-bond donors (Lipinski definition) is 0. The molecule has 0 aliphatic heterocycles. The monoisotopic (exact) mass is 575 g/mol. The molecule has 4 heteroatoms. The molecule has 0 aliphatic carbocycles. The van der Waals surface area contributed by atoms with Gasteiger partial charge in [-0.2, -0.15) is 0 Å². The minimum absolute atomic E-state index is 0.609. The molecule has 2 heterocycles. The molecule has 0 amide bonds. The molecule has 9 rings (SSSR count). The number of fused-ring (bicyclic) bond motifs is 6. The zero-order chi connectivity index (χ0) is 29.7. The van der Waals surface area contributed by atoms with E-state index in [0.29, 0.717) is 17.5 Å². The Hall–Kier alpha value is -6.13. The lowest BCUT2D eigenvalue weighted by molar-refractivity contribution is 0.673. The van der Waals surface area contributed by atoms with Gasteiger partial charge in [-0.3, -0.25) is 0 Å². The maximum atomic E-state index is 6.70. The number of benzene rings is 7. The summed E-state index contributed by atoms with van der Waals surface area (Å²) in [4.78, 5) is 15.3. The predicted octanol–water partition coefficient (Wildman–Crippen LogP) is 10.7. The van der Waals surface area contributed by atoms with Gasteiger partial charge in [0.15, 0.2) is 17.5 Å². The fourth-order valence-electron chi connectivity index (χ4n) is 6.27. The van der Waals surface area contributed by atoms with Gasteiger partial charge in [0.2, 0.25) is 0 Å². The van der Waals surface area contributed by atoms with Crippen molar-refractivity contribution in [1.82, 2.24) is 15.0 Å².